The van der Waals surface area contributed by atoms with Crippen LogP contribution in [0.3, 0.4) is 0 Å². The minimum Gasteiger partial charge on any atom is -0.455 e. The molecule has 0 atom stereocenters. The van der Waals surface area contributed by atoms with Gasteiger partial charge in [0.2, 0.25) is 5.89 Å². The Morgan fingerprint density at radius 1 is 1.29 bits per heavy atom. The number of ether oxygens (including phenoxy) is 1. The molecule has 6 heteroatoms. The molecule has 0 saturated heterocycles. The van der Waals surface area contributed by atoms with Crippen LogP contribution in [0.2, 0.25) is 0 Å². The summed E-state index contributed by atoms with van der Waals surface area (Å²) < 4.78 is 11.7. The molecule has 3 rings (SSSR count). The third-order valence-electron chi connectivity index (χ3n) is 3.60. The van der Waals surface area contributed by atoms with Crippen molar-refractivity contribution in [2.24, 2.45) is 5.92 Å². The Hall–Kier alpha value is -1.69. The molecule has 0 radical (unpaired) electrons. The minimum atomic E-state index is -0.159. The van der Waals surface area contributed by atoms with E-state index < -0.39 is 0 Å². The molecule has 1 fully saturated rings. The van der Waals surface area contributed by atoms with Gasteiger partial charge in [-0.05, 0) is 40.9 Å². The minimum absolute atomic E-state index is 0.0345. The smallest absolute Gasteiger partial charge is 0.309 e. The van der Waals surface area contributed by atoms with Crippen LogP contribution in [0.1, 0.15) is 31.6 Å². The number of nitrogens with zero attached hydrogens (tertiary/aromatic N) is 2. The largest absolute Gasteiger partial charge is 0.455 e. The van der Waals surface area contributed by atoms with Crippen molar-refractivity contribution in [3.63, 3.8) is 0 Å². The third-order valence-corrected chi connectivity index (χ3v) is 4.29. The van der Waals surface area contributed by atoms with Crippen LogP contribution in [0.15, 0.2) is 33.2 Å². The first-order valence-corrected chi connectivity index (χ1v) is 7.77. The predicted octanol–water partition coefficient (Wildman–Crippen LogP) is 3.73. The Morgan fingerprint density at radius 2 is 2.05 bits per heavy atom. The van der Waals surface area contributed by atoms with Gasteiger partial charge in [0.05, 0.1) is 11.5 Å². The highest BCUT2D eigenvalue weighted by molar-refractivity contribution is 9.10. The van der Waals surface area contributed by atoms with Crippen LogP contribution >= 0.6 is 15.9 Å². The van der Waals surface area contributed by atoms with E-state index >= 15 is 0 Å². The highest BCUT2D eigenvalue weighted by Gasteiger charge is 2.24. The maximum absolute atomic E-state index is 11.8. The predicted molar refractivity (Wildman–Crippen MR) is 79.2 cm³/mol. The molecular formula is C15H15BrN2O3. The van der Waals surface area contributed by atoms with E-state index in [-0.39, 0.29) is 18.5 Å². The lowest BCUT2D eigenvalue weighted by molar-refractivity contribution is -0.150. The van der Waals surface area contributed by atoms with Crippen LogP contribution in [-0.4, -0.2) is 16.2 Å². The van der Waals surface area contributed by atoms with Crippen molar-refractivity contribution < 1.29 is 13.9 Å². The van der Waals surface area contributed by atoms with Crippen molar-refractivity contribution in [3.8, 4) is 11.5 Å². The molecule has 1 aliphatic rings. The fraction of sp³-hybridized carbons (Fsp3) is 0.400. The van der Waals surface area contributed by atoms with Crippen molar-refractivity contribution >= 4 is 21.9 Å². The maximum Gasteiger partial charge on any atom is 0.309 e. The molecule has 0 spiro atoms. The number of benzene rings is 1. The molecule has 0 amide bonds. The van der Waals surface area contributed by atoms with Gasteiger partial charge in [-0.25, -0.2) is 0 Å². The molecule has 0 bridgehead atoms. The Labute approximate surface area is 130 Å². The van der Waals surface area contributed by atoms with E-state index in [2.05, 4.69) is 26.1 Å². The van der Waals surface area contributed by atoms with E-state index in [1.54, 1.807) is 0 Å². The average molecular weight is 351 g/mol. The number of carbonyl (C=O) groups is 1. The SMILES string of the molecule is O=C(OCc1nnc(-c2ccccc2Br)o1)C1CCCC1. The molecule has 1 saturated carbocycles. The highest BCUT2D eigenvalue weighted by Crippen LogP contribution is 2.28. The summed E-state index contributed by atoms with van der Waals surface area (Å²) in [5.74, 6) is 0.602. The van der Waals surface area contributed by atoms with Gasteiger partial charge in [-0.15, -0.1) is 10.2 Å². The van der Waals surface area contributed by atoms with Crippen molar-refractivity contribution in [1.82, 2.24) is 10.2 Å². The van der Waals surface area contributed by atoms with Crippen molar-refractivity contribution in [1.29, 1.82) is 0 Å². The van der Waals surface area contributed by atoms with Crippen molar-refractivity contribution in [2.75, 3.05) is 0 Å². The summed E-state index contributed by atoms with van der Waals surface area (Å²) in [6.07, 6.45) is 4.05. The van der Waals surface area contributed by atoms with E-state index in [0.717, 1.165) is 35.7 Å². The first-order chi connectivity index (χ1) is 10.2. The third kappa shape index (κ3) is 3.32. The molecule has 0 unspecified atom stereocenters. The van der Waals surface area contributed by atoms with Gasteiger partial charge in [0.25, 0.3) is 5.89 Å². The molecule has 1 aromatic heterocycles. The van der Waals surface area contributed by atoms with Crippen LogP contribution in [0.4, 0.5) is 0 Å². The maximum atomic E-state index is 11.8. The van der Waals surface area contributed by atoms with E-state index in [4.69, 9.17) is 9.15 Å². The van der Waals surface area contributed by atoms with Gasteiger partial charge in [0.15, 0.2) is 6.61 Å². The molecule has 0 aliphatic heterocycles. The monoisotopic (exact) mass is 350 g/mol. The number of carbonyl (C=O) groups excluding carboxylic acids is 1. The highest BCUT2D eigenvalue weighted by atomic mass is 79.9. The number of esters is 1. The molecule has 1 aliphatic carbocycles. The van der Waals surface area contributed by atoms with Crippen LogP contribution in [0.25, 0.3) is 11.5 Å². The standard InChI is InChI=1S/C15H15BrN2O3/c16-12-8-4-3-7-11(12)14-18-17-13(21-14)9-20-15(19)10-5-1-2-6-10/h3-4,7-8,10H,1-2,5-6,9H2. The number of aromatic nitrogens is 2. The Bertz CT molecular complexity index is 635. The summed E-state index contributed by atoms with van der Waals surface area (Å²) in [7, 11) is 0. The van der Waals surface area contributed by atoms with Gasteiger partial charge < -0.3 is 9.15 Å². The molecule has 21 heavy (non-hydrogen) atoms. The summed E-state index contributed by atoms with van der Waals surface area (Å²) in [4.78, 5) is 11.8. The second-order valence-corrected chi connectivity index (χ2v) is 5.92. The second kappa shape index (κ2) is 6.39. The van der Waals surface area contributed by atoms with Crippen molar-refractivity contribution in [3.05, 3.63) is 34.6 Å². The number of halogens is 1. The van der Waals surface area contributed by atoms with Gasteiger partial charge in [0, 0.05) is 4.47 Å². The molecule has 1 aromatic carbocycles. The number of hydrogen-bond donors (Lipinski definition) is 0. The molecule has 1 heterocycles. The van der Waals surface area contributed by atoms with Gasteiger partial charge in [-0.1, -0.05) is 25.0 Å². The zero-order valence-corrected chi connectivity index (χ0v) is 13.0. The van der Waals surface area contributed by atoms with Gasteiger partial charge in [-0.2, -0.15) is 0 Å². The lowest BCUT2D eigenvalue weighted by Crippen LogP contribution is -2.14. The molecule has 0 N–H and O–H groups in total. The van der Waals surface area contributed by atoms with Crippen LogP contribution < -0.4 is 0 Å². The first kappa shape index (κ1) is 14.3. The molecular weight excluding hydrogens is 336 g/mol. The lowest BCUT2D eigenvalue weighted by atomic mass is 10.1. The normalized spacial score (nSPS) is 15.3. The zero-order valence-electron chi connectivity index (χ0n) is 11.4. The summed E-state index contributed by atoms with van der Waals surface area (Å²) in [5, 5.41) is 7.90. The van der Waals surface area contributed by atoms with E-state index in [9.17, 15) is 4.79 Å². The topological polar surface area (TPSA) is 65.2 Å². The fourth-order valence-corrected chi connectivity index (χ4v) is 2.92. The summed E-state index contributed by atoms with van der Waals surface area (Å²) in [6, 6.07) is 7.59. The summed E-state index contributed by atoms with van der Waals surface area (Å²) in [5.41, 5.74) is 0.818. The van der Waals surface area contributed by atoms with Gasteiger partial charge >= 0.3 is 5.97 Å². The average Bonchev–Trinajstić information content (AvgIpc) is 3.17. The van der Waals surface area contributed by atoms with Gasteiger partial charge in [0.1, 0.15) is 0 Å². The van der Waals surface area contributed by atoms with Gasteiger partial charge in [-0.3, -0.25) is 4.79 Å². The fourth-order valence-electron chi connectivity index (χ4n) is 2.47. The Kier molecular flexibility index (Phi) is 4.34. The van der Waals surface area contributed by atoms with E-state index in [1.807, 2.05) is 24.3 Å². The molecule has 5 nitrogen and oxygen atoms in total. The number of hydrogen-bond acceptors (Lipinski definition) is 5. The second-order valence-electron chi connectivity index (χ2n) is 5.07. The molecule has 2 aromatic rings. The first-order valence-electron chi connectivity index (χ1n) is 6.98. The Morgan fingerprint density at radius 3 is 2.81 bits per heavy atom. The van der Waals surface area contributed by atoms with Crippen LogP contribution in [0.5, 0.6) is 0 Å². The van der Waals surface area contributed by atoms with Crippen molar-refractivity contribution in [2.45, 2.75) is 32.3 Å². The Balaban J connectivity index is 1.63. The number of rotatable bonds is 4. The van der Waals surface area contributed by atoms with E-state index in [1.165, 1.54) is 0 Å². The molecule has 110 valence electrons. The lowest BCUT2D eigenvalue weighted by Gasteiger charge is -2.07. The van der Waals surface area contributed by atoms with E-state index in [0.29, 0.717) is 11.8 Å². The summed E-state index contributed by atoms with van der Waals surface area (Å²) in [6.45, 7) is 0.0345. The van der Waals surface area contributed by atoms with Crippen LogP contribution in [-0.2, 0) is 16.1 Å². The quantitative estimate of drug-likeness (QED) is 0.786. The van der Waals surface area contributed by atoms with Crippen LogP contribution in [0, 0.1) is 5.92 Å². The zero-order chi connectivity index (χ0) is 14.7. The summed E-state index contributed by atoms with van der Waals surface area (Å²) >= 11 is 3.44.